The number of hydrogen-bond donors (Lipinski definition) is 0. The average molecular weight is 753 g/mol. The standard InChI is InChI=1S/C49H42N2.C7H10/c1-4-21-43-42(5-2)48-44-33-32-41(50(3)38-26-15-8-16-27-38)34-45(44)49(36-22-11-6-12-23-36,37-24-13-7-14-25-37)46(48)35-47(43)51(39-28-17-9-18-29-39)40-30-19-10-20-31-40;1-3-5-7-6-4-2/h4-34,47H,2,35H2,1,3H3;3-7H,1H2,2H3/b21-4-;6-4-,7-5-. The predicted octanol–water partition coefficient (Wildman–Crippen LogP) is 14.5. The summed E-state index contributed by atoms with van der Waals surface area (Å²) < 4.78 is 0. The highest BCUT2D eigenvalue weighted by Gasteiger charge is 2.51. The van der Waals surface area contributed by atoms with Gasteiger partial charge in [0.2, 0.25) is 0 Å². The lowest BCUT2D eigenvalue weighted by Gasteiger charge is -2.43. The first-order chi connectivity index (χ1) is 28.6. The van der Waals surface area contributed by atoms with Gasteiger partial charge >= 0.3 is 0 Å². The van der Waals surface area contributed by atoms with Crippen LogP contribution in [0, 0.1) is 0 Å². The van der Waals surface area contributed by atoms with Crippen molar-refractivity contribution >= 4 is 28.3 Å². The molecule has 58 heavy (non-hydrogen) atoms. The minimum absolute atomic E-state index is 0.00493. The Morgan fingerprint density at radius 1 is 0.569 bits per heavy atom. The zero-order valence-corrected chi connectivity index (χ0v) is 33.9. The first-order valence-electron chi connectivity index (χ1n) is 20.2. The molecule has 0 amide bonds. The molecule has 1 unspecified atom stereocenters. The van der Waals surface area contributed by atoms with Crippen LogP contribution in [0.5, 0.6) is 0 Å². The summed E-state index contributed by atoms with van der Waals surface area (Å²) in [6, 6.07) is 61.7. The fourth-order valence-corrected chi connectivity index (χ4v) is 8.75. The highest BCUT2D eigenvalue weighted by molar-refractivity contribution is 5.98. The lowest BCUT2D eigenvalue weighted by atomic mass is 9.64. The third kappa shape index (κ3) is 7.50. The number of anilines is 4. The predicted molar refractivity (Wildman–Crippen MR) is 250 cm³/mol. The monoisotopic (exact) mass is 752 g/mol. The van der Waals surface area contributed by atoms with Crippen molar-refractivity contribution in [2.75, 3.05) is 16.8 Å². The van der Waals surface area contributed by atoms with Crippen molar-refractivity contribution < 1.29 is 0 Å². The maximum Gasteiger partial charge on any atom is 0.0678 e. The van der Waals surface area contributed by atoms with Gasteiger partial charge < -0.3 is 9.80 Å². The van der Waals surface area contributed by atoms with Crippen molar-refractivity contribution in [2.24, 2.45) is 0 Å². The van der Waals surface area contributed by atoms with Crippen molar-refractivity contribution in [1.29, 1.82) is 0 Å². The molecule has 2 aliphatic rings. The van der Waals surface area contributed by atoms with Crippen molar-refractivity contribution in [3.05, 3.63) is 271 Å². The number of nitrogens with zero attached hydrogens (tertiary/aromatic N) is 2. The Balaban J connectivity index is 0.000000672. The molecule has 2 heteroatoms. The number of allylic oxidation sites excluding steroid dienone is 9. The zero-order chi connectivity index (χ0) is 40.3. The molecule has 0 spiro atoms. The lowest BCUT2D eigenvalue weighted by Crippen LogP contribution is -2.39. The van der Waals surface area contributed by atoms with Crippen LogP contribution in [0.3, 0.4) is 0 Å². The van der Waals surface area contributed by atoms with Gasteiger partial charge in [-0.3, -0.25) is 0 Å². The van der Waals surface area contributed by atoms with E-state index in [4.69, 9.17) is 0 Å². The Morgan fingerprint density at radius 3 is 1.57 bits per heavy atom. The van der Waals surface area contributed by atoms with E-state index in [0.29, 0.717) is 0 Å². The third-order valence-electron chi connectivity index (χ3n) is 11.2. The summed E-state index contributed by atoms with van der Waals surface area (Å²) in [5, 5.41) is 0. The van der Waals surface area contributed by atoms with E-state index in [1.54, 1.807) is 6.08 Å². The van der Waals surface area contributed by atoms with E-state index < -0.39 is 5.41 Å². The molecule has 0 aliphatic heterocycles. The van der Waals surface area contributed by atoms with E-state index in [-0.39, 0.29) is 6.04 Å². The summed E-state index contributed by atoms with van der Waals surface area (Å²) in [6.45, 7) is 12.1. The third-order valence-corrected chi connectivity index (χ3v) is 11.2. The van der Waals surface area contributed by atoms with Crippen LogP contribution in [-0.2, 0) is 5.41 Å². The molecule has 286 valence electrons. The summed E-state index contributed by atoms with van der Waals surface area (Å²) in [4.78, 5) is 4.82. The quantitative estimate of drug-likeness (QED) is 0.122. The van der Waals surface area contributed by atoms with Crippen molar-refractivity contribution in [1.82, 2.24) is 0 Å². The van der Waals surface area contributed by atoms with Gasteiger partial charge in [0.15, 0.2) is 0 Å². The van der Waals surface area contributed by atoms with E-state index >= 15 is 0 Å². The molecule has 0 N–H and O–H groups in total. The van der Waals surface area contributed by atoms with Crippen LogP contribution in [0.15, 0.2) is 248 Å². The van der Waals surface area contributed by atoms with Crippen molar-refractivity contribution in [3.63, 3.8) is 0 Å². The van der Waals surface area contributed by atoms with Crippen LogP contribution < -0.4 is 9.80 Å². The van der Waals surface area contributed by atoms with Gasteiger partial charge in [-0.15, -0.1) is 0 Å². The minimum Gasteiger partial charge on any atom is -0.345 e. The summed E-state index contributed by atoms with van der Waals surface area (Å²) in [7, 11) is 2.17. The van der Waals surface area contributed by atoms with Gasteiger partial charge in [0.25, 0.3) is 0 Å². The summed E-state index contributed by atoms with van der Waals surface area (Å²) in [5.74, 6) is 0. The van der Waals surface area contributed by atoms with Crippen molar-refractivity contribution in [3.8, 4) is 0 Å². The molecule has 2 nitrogen and oxygen atoms in total. The summed E-state index contributed by atoms with van der Waals surface area (Å²) in [5.41, 5.74) is 14.4. The first-order valence-corrected chi connectivity index (χ1v) is 20.2. The number of rotatable bonds is 11. The second-order valence-corrected chi connectivity index (χ2v) is 14.4. The smallest absolute Gasteiger partial charge is 0.0678 e. The molecule has 2 aliphatic carbocycles. The lowest BCUT2D eigenvalue weighted by molar-refractivity contribution is 0.640. The molecule has 0 heterocycles. The van der Waals surface area contributed by atoms with E-state index in [2.05, 4.69) is 225 Å². The van der Waals surface area contributed by atoms with Gasteiger partial charge in [0.1, 0.15) is 0 Å². The largest absolute Gasteiger partial charge is 0.345 e. The van der Waals surface area contributed by atoms with Crippen LogP contribution in [0.1, 0.15) is 42.5 Å². The number of hydrogen-bond acceptors (Lipinski definition) is 2. The van der Waals surface area contributed by atoms with Crippen molar-refractivity contribution in [2.45, 2.75) is 31.7 Å². The zero-order valence-electron chi connectivity index (χ0n) is 33.9. The van der Waals surface area contributed by atoms with Gasteiger partial charge in [-0.25, -0.2) is 0 Å². The Bertz CT molecular complexity index is 2390. The molecular formula is C56H52N2. The maximum absolute atomic E-state index is 4.52. The number of para-hydroxylation sites is 3. The molecule has 1 atom stereocenters. The molecule has 0 aromatic heterocycles. The molecule has 0 bridgehead atoms. The van der Waals surface area contributed by atoms with Crippen LogP contribution in [0.25, 0.3) is 5.57 Å². The molecule has 0 fully saturated rings. The summed E-state index contributed by atoms with van der Waals surface area (Å²) >= 11 is 0. The molecular weight excluding hydrogens is 701 g/mol. The topological polar surface area (TPSA) is 6.48 Å². The minimum atomic E-state index is -0.534. The highest BCUT2D eigenvalue weighted by atomic mass is 15.2. The van der Waals surface area contributed by atoms with Crippen LogP contribution in [0.4, 0.5) is 22.7 Å². The molecule has 0 radical (unpaired) electrons. The maximum atomic E-state index is 4.52. The first kappa shape index (κ1) is 39.3. The molecule has 6 aromatic carbocycles. The Morgan fingerprint density at radius 2 is 1.09 bits per heavy atom. The average Bonchev–Trinajstić information content (AvgIpc) is 3.58. The van der Waals surface area contributed by atoms with Gasteiger partial charge in [0.05, 0.1) is 11.5 Å². The second kappa shape index (κ2) is 18.4. The summed E-state index contributed by atoms with van der Waals surface area (Å²) in [6.07, 6.45) is 16.9. The van der Waals surface area contributed by atoms with Crippen LogP contribution in [0.2, 0.25) is 0 Å². The normalized spacial score (nSPS) is 15.5. The molecule has 8 rings (SSSR count). The van der Waals surface area contributed by atoms with Gasteiger partial charge in [-0.05, 0) is 113 Å². The van der Waals surface area contributed by atoms with E-state index in [0.717, 1.165) is 29.2 Å². The van der Waals surface area contributed by atoms with E-state index in [1.807, 2.05) is 31.2 Å². The second-order valence-electron chi connectivity index (χ2n) is 14.4. The van der Waals surface area contributed by atoms with E-state index in [9.17, 15) is 0 Å². The number of fused-ring (bicyclic) bond motifs is 2. The van der Waals surface area contributed by atoms with Gasteiger partial charge in [0, 0.05) is 29.8 Å². The fourth-order valence-electron chi connectivity index (χ4n) is 8.75. The molecule has 0 saturated heterocycles. The Kier molecular flexibility index (Phi) is 12.5. The Labute approximate surface area is 346 Å². The van der Waals surface area contributed by atoms with Gasteiger partial charge in [-0.1, -0.05) is 183 Å². The fraction of sp³-hybridized carbons (Fsp3) is 0.107. The Hall–Kier alpha value is -6.90. The SMILES string of the molecule is C=C/C=C\C=C/C.C=CC1=C(/C=C\C)C(N(c2ccccc2)c2ccccc2)CC2=C1c1ccc(N(C)c3ccccc3)cc1C2(c1ccccc1)c1ccccc1. The molecule has 6 aromatic rings. The van der Waals surface area contributed by atoms with Gasteiger partial charge in [-0.2, -0.15) is 0 Å². The highest BCUT2D eigenvalue weighted by Crippen LogP contribution is 2.61. The van der Waals surface area contributed by atoms with E-state index in [1.165, 1.54) is 44.5 Å². The number of benzene rings is 6. The van der Waals surface area contributed by atoms with Crippen LogP contribution in [-0.4, -0.2) is 13.1 Å². The van der Waals surface area contributed by atoms with Crippen LogP contribution >= 0.6 is 0 Å². The molecule has 0 saturated carbocycles.